The second-order valence-electron chi connectivity index (χ2n) is 6.42. The van der Waals surface area contributed by atoms with E-state index >= 15 is 0 Å². The minimum absolute atomic E-state index is 0.110. The van der Waals surface area contributed by atoms with Gasteiger partial charge in [-0.05, 0) is 43.3 Å². The van der Waals surface area contributed by atoms with Gasteiger partial charge in [0.25, 0.3) is 5.91 Å². The number of amides is 3. The van der Waals surface area contributed by atoms with Gasteiger partial charge in [0.05, 0.1) is 19.3 Å². The molecule has 0 aromatic heterocycles. The number of methoxy groups -OCH3 is 1. The van der Waals surface area contributed by atoms with Crippen LogP contribution in [0, 0.1) is 0 Å². The molecule has 0 fully saturated rings. The summed E-state index contributed by atoms with van der Waals surface area (Å²) >= 11 is 0. The van der Waals surface area contributed by atoms with Gasteiger partial charge in [-0.1, -0.05) is 12.1 Å². The summed E-state index contributed by atoms with van der Waals surface area (Å²) in [5.41, 5.74) is 1.16. The number of hydrogen-bond acceptors (Lipinski definition) is 5. The van der Waals surface area contributed by atoms with Crippen molar-refractivity contribution in [3.05, 3.63) is 48.5 Å². The minimum atomic E-state index is -0.320. The van der Waals surface area contributed by atoms with Crippen LogP contribution < -0.4 is 19.7 Å². The summed E-state index contributed by atoms with van der Waals surface area (Å²) in [5.74, 6) is 0.307. The number of anilines is 2. The van der Waals surface area contributed by atoms with Crippen molar-refractivity contribution >= 4 is 29.1 Å². The van der Waals surface area contributed by atoms with Crippen LogP contribution >= 0.6 is 0 Å². The molecule has 0 aliphatic carbocycles. The van der Waals surface area contributed by atoms with E-state index < -0.39 is 0 Å². The van der Waals surface area contributed by atoms with Crippen molar-refractivity contribution in [3.63, 3.8) is 0 Å². The Balaban J connectivity index is 1.63. The zero-order valence-electron chi connectivity index (χ0n) is 16.4. The maximum absolute atomic E-state index is 12.8. The number of nitrogens with zero attached hydrogens (tertiary/aromatic N) is 2. The number of nitrogens with one attached hydrogen (secondary N) is 1. The number of fused-ring (bicyclic) bond motifs is 1. The van der Waals surface area contributed by atoms with Crippen LogP contribution in [0.3, 0.4) is 0 Å². The lowest BCUT2D eigenvalue weighted by Gasteiger charge is -2.30. The number of carbonyl (C=O) groups excluding carboxylic acids is 3. The highest BCUT2D eigenvalue weighted by atomic mass is 16.5. The summed E-state index contributed by atoms with van der Waals surface area (Å²) in [6.07, 6.45) is 0. The largest absolute Gasteiger partial charge is 0.497 e. The highest BCUT2D eigenvalue weighted by Gasteiger charge is 2.28. The monoisotopic (exact) mass is 397 g/mol. The lowest BCUT2D eigenvalue weighted by molar-refractivity contribution is -0.134. The molecule has 0 saturated heterocycles. The van der Waals surface area contributed by atoms with Gasteiger partial charge in [-0.3, -0.25) is 19.3 Å². The molecule has 152 valence electrons. The third-order valence-electron chi connectivity index (χ3n) is 4.54. The Labute approximate surface area is 169 Å². The zero-order valence-corrected chi connectivity index (χ0v) is 16.4. The van der Waals surface area contributed by atoms with E-state index in [0.717, 1.165) is 0 Å². The van der Waals surface area contributed by atoms with Crippen molar-refractivity contribution in [3.8, 4) is 11.5 Å². The van der Waals surface area contributed by atoms with Gasteiger partial charge in [0, 0.05) is 12.2 Å². The molecule has 0 atom stereocenters. The highest BCUT2D eigenvalue weighted by Crippen LogP contribution is 2.31. The molecule has 2 aromatic carbocycles. The standard InChI is InChI=1S/C21H23N3O5/c1-3-23(12-19(25)22-15-8-10-16(28-2)11-9-15)20(26)13-24-17-6-4-5-7-18(17)29-14-21(24)27/h4-11H,3,12-14H2,1-2H3,(H,22,25). The van der Waals surface area contributed by atoms with E-state index in [1.165, 1.54) is 9.80 Å². The van der Waals surface area contributed by atoms with E-state index in [1.807, 2.05) is 0 Å². The maximum atomic E-state index is 12.8. The van der Waals surface area contributed by atoms with E-state index in [9.17, 15) is 14.4 Å². The molecule has 0 bridgehead atoms. The minimum Gasteiger partial charge on any atom is -0.497 e. The zero-order chi connectivity index (χ0) is 20.8. The average Bonchev–Trinajstić information content (AvgIpc) is 2.74. The first-order valence-electron chi connectivity index (χ1n) is 9.25. The van der Waals surface area contributed by atoms with Gasteiger partial charge in [-0.25, -0.2) is 0 Å². The van der Waals surface area contributed by atoms with Crippen molar-refractivity contribution in [2.45, 2.75) is 6.92 Å². The number of para-hydroxylation sites is 2. The van der Waals surface area contributed by atoms with Crippen LogP contribution in [0.25, 0.3) is 0 Å². The fourth-order valence-electron chi connectivity index (χ4n) is 2.99. The van der Waals surface area contributed by atoms with Gasteiger partial charge < -0.3 is 19.7 Å². The van der Waals surface area contributed by atoms with Crippen molar-refractivity contribution < 1.29 is 23.9 Å². The van der Waals surface area contributed by atoms with E-state index in [0.29, 0.717) is 29.4 Å². The SMILES string of the molecule is CCN(CC(=O)Nc1ccc(OC)cc1)C(=O)CN1C(=O)COc2ccccc21. The van der Waals surface area contributed by atoms with Crippen molar-refractivity contribution in [1.82, 2.24) is 4.90 Å². The second-order valence-corrected chi connectivity index (χ2v) is 6.42. The van der Waals surface area contributed by atoms with Crippen LogP contribution in [0.5, 0.6) is 11.5 Å². The van der Waals surface area contributed by atoms with Crippen LogP contribution in [-0.4, -0.2) is 56.0 Å². The number of ether oxygens (including phenoxy) is 2. The second kappa shape index (κ2) is 9.09. The predicted octanol–water partition coefficient (Wildman–Crippen LogP) is 1.91. The molecule has 8 nitrogen and oxygen atoms in total. The Bertz CT molecular complexity index is 897. The lowest BCUT2D eigenvalue weighted by Crippen LogP contribution is -2.48. The molecular formula is C21H23N3O5. The van der Waals surface area contributed by atoms with Gasteiger partial charge in [0.1, 0.15) is 18.0 Å². The van der Waals surface area contributed by atoms with Crippen LogP contribution in [-0.2, 0) is 14.4 Å². The normalized spacial score (nSPS) is 12.6. The van der Waals surface area contributed by atoms with E-state index in [-0.39, 0.29) is 37.4 Å². The molecule has 0 spiro atoms. The number of rotatable bonds is 7. The molecule has 8 heteroatoms. The van der Waals surface area contributed by atoms with Gasteiger partial charge in [0.15, 0.2) is 6.61 Å². The highest BCUT2D eigenvalue weighted by molar-refractivity contribution is 6.03. The third kappa shape index (κ3) is 4.84. The fraction of sp³-hybridized carbons (Fsp3) is 0.286. The Kier molecular flexibility index (Phi) is 6.33. The van der Waals surface area contributed by atoms with E-state index in [4.69, 9.17) is 9.47 Å². The molecular weight excluding hydrogens is 374 g/mol. The first kappa shape index (κ1) is 20.2. The molecule has 0 radical (unpaired) electrons. The van der Waals surface area contributed by atoms with E-state index in [1.54, 1.807) is 62.6 Å². The Morgan fingerprint density at radius 1 is 1.17 bits per heavy atom. The average molecular weight is 397 g/mol. The van der Waals surface area contributed by atoms with E-state index in [2.05, 4.69) is 5.32 Å². The third-order valence-corrected chi connectivity index (χ3v) is 4.54. The van der Waals surface area contributed by atoms with Gasteiger partial charge >= 0.3 is 0 Å². The number of hydrogen-bond donors (Lipinski definition) is 1. The molecule has 29 heavy (non-hydrogen) atoms. The first-order valence-corrected chi connectivity index (χ1v) is 9.25. The smallest absolute Gasteiger partial charge is 0.265 e. The van der Waals surface area contributed by atoms with Crippen LogP contribution in [0.15, 0.2) is 48.5 Å². The van der Waals surface area contributed by atoms with Crippen LogP contribution in [0.4, 0.5) is 11.4 Å². The topological polar surface area (TPSA) is 88.2 Å². The molecule has 0 saturated carbocycles. The molecule has 1 heterocycles. The van der Waals surface area contributed by atoms with Crippen molar-refractivity contribution in [2.24, 2.45) is 0 Å². The summed E-state index contributed by atoms with van der Waals surface area (Å²) in [4.78, 5) is 40.2. The van der Waals surface area contributed by atoms with Gasteiger partial charge in [0.2, 0.25) is 11.8 Å². The molecule has 1 aliphatic heterocycles. The number of benzene rings is 2. The maximum Gasteiger partial charge on any atom is 0.265 e. The molecule has 1 aliphatic rings. The number of carbonyl (C=O) groups is 3. The summed E-state index contributed by atoms with van der Waals surface area (Å²) in [6, 6.07) is 14.0. The Morgan fingerprint density at radius 3 is 2.59 bits per heavy atom. The fourth-order valence-corrected chi connectivity index (χ4v) is 2.99. The Morgan fingerprint density at radius 2 is 1.90 bits per heavy atom. The van der Waals surface area contributed by atoms with Gasteiger partial charge in [-0.2, -0.15) is 0 Å². The number of likely N-dealkylation sites (N-methyl/N-ethyl adjacent to an activating group) is 1. The summed E-state index contributed by atoms with van der Waals surface area (Å²) in [5, 5.41) is 2.75. The molecule has 0 unspecified atom stereocenters. The molecule has 2 aromatic rings. The van der Waals surface area contributed by atoms with Crippen LogP contribution in [0.1, 0.15) is 6.92 Å². The van der Waals surface area contributed by atoms with Crippen molar-refractivity contribution in [2.75, 3.05) is 43.6 Å². The van der Waals surface area contributed by atoms with Crippen LogP contribution in [0.2, 0.25) is 0 Å². The summed E-state index contributed by atoms with van der Waals surface area (Å²) < 4.78 is 10.5. The summed E-state index contributed by atoms with van der Waals surface area (Å²) in [6.45, 7) is 1.75. The molecule has 3 rings (SSSR count). The predicted molar refractivity (Wildman–Crippen MR) is 108 cm³/mol. The first-order chi connectivity index (χ1) is 14.0. The lowest BCUT2D eigenvalue weighted by atomic mass is 10.2. The Hall–Kier alpha value is -3.55. The van der Waals surface area contributed by atoms with Gasteiger partial charge in [-0.15, -0.1) is 0 Å². The van der Waals surface area contributed by atoms with Crippen molar-refractivity contribution in [1.29, 1.82) is 0 Å². The molecule has 3 amide bonds. The quantitative estimate of drug-likeness (QED) is 0.771. The summed E-state index contributed by atoms with van der Waals surface area (Å²) in [7, 11) is 1.57. The molecule has 1 N–H and O–H groups in total.